The van der Waals surface area contributed by atoms with E-state index in [9.17, 15) is 9.18 Å². The Hall–Kier alpha value is -2.10. The standard InChI is InChI=1S/C22H26FNO2/c23-20-8-4-3-7-19(20)21-11-9-18(26-21)10-12-22(25)24-14-13-16-5-1-2-6-17(16)15-24/h3-4,7-9,11,16-17H,1-2,5-6,10,12-15H2/t16-,17+/m0/s1. The first-order valence-corrected chi connectivity index (χ1v) is 9.82. The second-order valence-electron chi connectivity index (χ2n) is 7.68. The van der Waals surface area contributed by atoms with Crippen molar-refractivity contribution in [1.29, 1.82) is 0 Å². The second kappa shape index (κ2) is 7.65. The molecule has 3 nitrogen and oxygen atoms in total. The minimum atomic E-state index is -0.292. The maximum Gasteiger partial charge on any atom is 0.223 e. The number of aryl methyl sites for hydroxylation is 1. The van der Waals surface area contributed by atoms with Gasteiger partial charge in [0, 0.05) is 25.9 Å². The van der Waals surface area contributed by atoms with E-state index in [2.05, 4.69) is 0 Å². The third-order valence-corrected chi connectivity index (χ3v) is 6.03. The summed E-state index contributed by atoms with van der Waals surface area (Å²) in [7, 11) is 0. The van der Waals surface area contributed by atoms with Gasteiger partial charge in [0.1, 0.15) is 17.3 Å². The van der Waals surface area contributed by atoms with E-state index >= 15 is 0 Å². The quantitative estimate of drug-likeness (QED) is 0.768. The van der Waals surface area contributed by atoms with Crippen LogP contribution in [0.15, 0.2) is 40.8 Å². The van der Waals surface area contributed by atoms with Crippen molar-refractivity contribution in [2.75, 3.05) is 13.1 Å². The van der Waals surface area contributed by atoms with Crippen LogP contribution in [0.2, 0.25) is 0 Å². The largest absolute Gasteiger partial charge is 0.461 e. The van der Waals surface area contributed by atoms with Crippen molar-refractivity contribution in [3.8, 4) is 11.3 Å². The Labute approximate surface area is 154 Å². The molecule has 1 aliphatic heterocycles. The predicted octanol–water partition coefficient (Wildman–Crippen LogP) is 5.06. The Kier molecular flexibility index (Phi) is 5.09. The minimum absolute atomic E-state index is 0.220. The highest BCUT2D eigenvalue weighted by molar-refractivity contribution is 5.76. The van der Waals surface area contributed by atoms with Crippen LogP contribution in [0.3, 0.4) is 0 Å². The highest BCUT2D eigenvalue weighted by Gasteiger charge is 2.32. The Balaban J connectivity index is 1.33. The zero-order valence-electron chi connectivity index (χ0n) is 15.1. The van der Waals surface area contributed by atoms with Gasteiger partial charge in [-0.05, 0) is 48.9 Å². The number of hydrogen-bond acceptors (Lipinski definition) is 2. The molecule has 2 aromatic rings. The van der Waals surface area contributed by atoms with E-state index < -0.39 is 0 Å². The molecule has 1 aromatic heterocycles. The van der Waals surface area contributed by atoms with Crippen LogP contribution in [0.5, 0.6) is 0 Å². The summed E-state index contributed by atoms with van der Waals surface area (Å²) in [5.74, 6) is 2.73. The average molecular weight is 355 g/mol. The van der Waals surface area contributed by atoms with Crippen LogP contribution in [0.4, 0.5) is 4.39 Å². The zero-order valence-corrected chi connectivity index (χ0v) is 15.1. The zero-order chi connectivity index (χ0) is 17.9. The highest BCUT2D eigenvalue weighted by Crippen LogP contribution is 2.36. The summed E-state index contributed by atoms with van der Waals surface area (Å²) in [5, 5.41) is 0. The van der Waals surface area contributed by atoms with E-state index in [4.69, 9.17) is 4.42 Å². The molecular weight excluding hydrogens is 329 g/mol. The summed E-state index contributed by atoms with van der Waals surface area (Å²) in [6.45, 7) is 1.83. The van der Waals surface area contributed by atoms with Gasteiger partial charge in [0.25, 0.3) is 0 Å². The molecule has 2 heterocycles. The number of amides is 1. The van der Waals surface area contributed by atoms with Gasteiger partial charge in [0.15, 0.2) is 0 Å². The van der Waals surface area contributed by atoms with Gasteiger partial charge >= 0.3 is 0 Å². The lowest BCUT2D eigenvalue weighted by molar-refractivity contribution is -0.134. The molecule has 0 radical (unpaired) electrons. The van der Waals surface area contributed by atoms with Gasteiger partial charge in [-0.25, -0.2) is 4.39 Å². The Bertz CT molecular complexity index is 769. The van der Waals surface area contributed by atoms with Crippen molar-refractivity contribution < 1.29 is 13.6 Å². The number of halogens is 1. The molecule has 4 rings (SSSR count). The molecule has 1 saturated carbocycles. The van der Waals surface area contributed by atoms with Crippen LogP contribution in [0, 0.1) is 17.7 Å². The Morgan fingerprint density at radius 2 is 1.88 bits per heavy atom. The van der Waals surface area contributed by atoms with Crippen molar-refractivity contribution in [2.45, 2.75) is 44.9 Å². The third-order valence-electron chi connectivity index (χ3n) is 6.03. The predicted molar refractivity (Wildman–Crippen MR) is 99.1 cm³/mol. The van der Waals surface area contributed by atoms with Crippen LogP contribution in [-0.4, -0.2) is 23.9 Å². The molecule has 0 N–H and O–H groups in total. The summed E-state index contributed by atoms with van der Waals surface area (Å²) in [5.41, 5.74) is 0.462. The first-order valence-electron chi connectivity index (χ1n) is 9.82. The SMILES string of the molecule is O=C(CCc1ccc(-c2ccccc2F)o1)N1CC[C@@H]2CCCC[C@@H]2C1. The number of piperidine rings is 1. The molecule has 0 unspecified atom stereocenters. The first-order chi connectivity index (χ1) is 12.7. The van der Waals surface area contributed by atoms with Crippen molar-refractivity contribution in [1.82, 2.24) is 4.90 Å². The fourth-order valence-corrected chi connectivity index (χ4v) is 4.53. The van der Waals surface area contributed by atoms with Crippen LogP contribution >= 0.6 is 0 Å². The normalized spacial score (nSPS) is 22.9. The lowest BCUT2D eigenvalue weighted by Gasteiger charge is -2.41. The lowest BCUT2D eigenvalue weighted by atomic mass is 9.75. The topological polar surface area (TPSA) is 33.5 Å². The number of carbonyl (C=O) groups is 1. The van der Waals surface area contributed by atoms with Crippen molar-refractivity contribution >= 4 is 5.91 Å². The second-order valence-corrected chi connectivity index (χ2v) is 7.68. The van der Waals surface area contributed by atoms with E-state index in [-0.39, 0.29) is 11.7 Å². The number of carbonyl (C=O) groups excluding carboxylic acids is 1. The van der Waals surface area contributed by atoms with Crippen LogP contribution < -0.4 is 0 Å². The maximum atomic E-state index is 13.9. The van der Waals surface area contributed by atoms with Gasteiger partial charge < -0.3 is 9.32 Å². The smallest absolute Gasteiger partial charge is 0.223 e. The Morgan fingerprint density at radius 3 is 2.73 bits per heavy atom. The number of hydrogen-bond donors (Lipinski definition) is 0. The molecule has 2 atom stereocenters. The van der Waals surface area contributed by atoms with Crippen LogP contribution in [-0.2, 0) is 11.2 Å². The van der Waals surface area contributed by atoms with E-state index in [1.54, 1.807) is 24.3 Å². The molecule has 1 amide bonds. The van der Waals surface area contributed by atoms with E-state index in [0.717, 1.165) is 31.2 Å². The van der Waals surface area contributed by atoms with Crippen molar-refractivity contribution in [3.63, 3.8) is 0 Å². The molecular formula is C22H26FNO2. The van der Waals surface area contributed by atoms with E-state index in [0.29, 0.717) is 30.1 Å². The molecule has 0 bridgehead atoms. The molecule has 1 saturated heterocycles. The summed E-state index contributed by atoms with van der Waals surface area (Å²) >= 11 is 0. The fraction of sp³-hybridized carbons (Fsp3) is 0.500. The summed E-state index contributed by atoms with van der Waals surface area (Å²) in [4.78, 5) is 14.6. The molecule has 26 heavy (non-hydrogen) atoms. The number of nitrogens with zero attached hydrogens (tertiary/aromatic N) is 1. The molecule has 138 valence electrons. The summed E-state index contributed by atoms with van der Waals surface area (Å²) in [6, 6.07) is 10.2. The molecule has 2 fully saturated rings. The lowest BCUT2D eigenvalue weighted by Crippen LogP contribution is -2.44. The number of furan rings is 1. The van der Waals surface area contributed by atoms with Crippen molar-refractivity contribution in [3.05, 3.63) is 48.0 Å². The van der Waals surface area contributed by atoms with Gasteiger partial charge in [-0.1, -0.05) is 31.4 Å². The number of rotatable bonds is 4. The fourth-order valence-electron chi connectivity index (χ4n) is 4.53. The molecule has 0 spiro atoms. The molecule has 4 heteroatoms. The average Bonchev–Trinajstić information content (AvgIpc) is 3.15. The molecule has 2 aliphatic rings. The number of fused-ring (bicyclic) bond motifs is 1. The highest BCUT2D eigenvalue weighted by atomic mass is 19.1. The van der Waals surface area contributed by atoms with E-state index in [1.807, 2.05) is 11.0 Å². The van der Waals surface area contributed by atoms with Gasteiger partial charge in [-0.2, -0.15) is 0 Å². The van der Waals surface area contributed by atoms with Gasteiger partial charge in [0.2, 0.25) is 5.91 Å². The first kappa shape index (κ1) is 17.3. The maximum absolute atomic E-state index is 13.9. The van der Waals surface area contributed by atoms with Gasteiger partial charge in [-0.15, -0.1) is 0 Å². The van der Waals surface area contributed by atoms with E-state index in [1.165, 1.54) is 31.7 Å². The van der Waals surface area contributed by atoms with Gasteiger partial charge in [-0.3, -0.25) is 4.79 Å². The van der Waals surface area contributed by atoms with Gasteiger partial charge in [0.05, 0.1) is 5.56 Å². The third kappa shape index (κ3) is 3.69. The molecule has 1 aliphatic carbocycles. The van der Waals surface area contributed by atoms with Crippen LogP contribution in [0.1, 0.15) is 44.3 Å². The van der Waals surface area contributed by atoms with Crippen molar-refractivity contribution in [2.24, 2.45) is 11.8 Å². The van der Waals surface area contributed by atoms with Crippen LogP contribution in [0.25, 0.3) is 11.3 Å². The monoisotopic (exact) mass is 355 g/mol. The minimum Gasteiger partial charge on any atom is -0.461 e. The Morgan fingerprint density at radius 1 is 1.08 bits per heavy atom. The number of benzene rings is 1. The summed E-state index contributed by atoms with van der Waals surface area (Å²) < 4.78 is 19.6. The summed E-state index contributed by atoms with van der Waals surface area (Å²) in [6.07, 6.45) is 7.48. The number of likely N-dealkylation sites (tertiary alicyclic amines) is 1. The molecule has 1 aromatic carbocycles.